The molecule has 0 saturated carbocycles. The molecule has 1 aromatic carbocycles. The highest BCUT2D eigenvalue weighted by atomic mass is 32.2. The molecule has 1 fully saturated rings. The average Bonchev–Trinajstić information content (AvgIpc) is 2.48. The van der Waals surface area contributed by atoms with Crippen LogP contribution in [0.1, 0.15) is 5.56 Å². The third kappa shape index (κ3) is 3.46. The van der Waals surface area contributed by atoms with E-state index in [0.717, 1.165) is 5.56 Å². The van der Waals surface area contributed by atoms with Gasteiger partial charge in [-0.25, -0.2) is 0 Å². The van der Waals surface area contributed by atoms with Crippen molar-refractivity contribution in [3.63, 3.8) is 0 Å². The van der Waals surface area contributed by atoms with Crippen LogP contribution in [-0.2, 0) is 19.0 Å². The van der Waals surface area contributed by atoms with Gasteiger partial charge in [0, 0.05) is 0 Å². The van der Waals surface area contributed by atoms with Crippen LogP contribution in [0, 0.1) is 6.92 Å². The molecule has 2 rings (SSSR count). The van der Waals surface area contributed by atoms with Crippen LogP contribution in [0.5, 0.6) is 0 Å². The second-order valence-electron chi connectivity index (χ2n) is 5.14. The fourth-order valence-corrected chi connectivity index (χ4v) is 3.21. The van der Waals surface area contributed by atoms with Crippen LogP contribution >= 0.6 is 0 Å². The Hall–Kier alpha value is -1.07. The van der Waals surface area contributed by atoms with E-state index in [1.54, 1.807) is 19.1 Å². The minimum Gasteiger partial charge on any atom is -0.394 e. The van der Waals surface area contributed by atoms with Crippen molar-refractivity contribution in [2.75, 3.05) is 6.61 Å². The van der Waals surface area contributed by atoms with Crippen molar-refractivity contribution >= 4 is 10.1 Å². The molecule has 0 amide bonds. The summed E-state index contributed by atoms with van der Waals surface area (Å²) in [5, 5.41) is 28.8. The standard InChI is InChI=1S/C13H19NO7S/c1-7-2-4-8(5-3-7)22(18,19)21-12-11(16)10(14)9(6-15)20-13(12)17/h2-5,9-13,15-17H,6,14H2,1H3. The monoisotopic (exact) mass is 333 g/mol. The smallest absolute Gasteiger partial charge is 0.297 e. The Labute approximate surface area is 128 Å². The normalized spacial score (nSPS) is 32.9. The summed E-state index contributed by atoms with van der Waals surface area (Å²) in [5.41, 5.74) is 6.51. The van der Waals surface area contributed by atoms with Crippen molar-refractivity contribution < 1.29 is 32.7 Å². The van der Waals surface area contributed by atoms with E-state index in [4.69, 9.17) is 19.8 Å². The van der Waals surface area contributed by atoms with Gasteiger partial charge in [-0.1, -0.05) is 17.7 Å². The SMILES string of the molecule is Cc1ccc(S(=O)(=O)OC2C(O)OC(CO)C(N)C2O)cc1. The molecule has 0 spiro atoms. The average molecular weight is 333 g/mol. The van der Waals surface area contributed by atoms with E-state index >= 15 is 0 Å². The maximum absolute atomic E-state index is 12.2. The van der Waals surface area contributed by atoms with Crippen LogP contribution in [-0.4, -0.2) is 61.0 Å². The molecule has 1 aliphatic heterocycles. The van der Waals surface area contributed by atoms with Gasteiger partial charge in [-0.3, -0.25) is 4.18 Å². The molecule has 124 valence electrons. The fourth-order valence-electron chi connectivity index (χ4n) is 2.13. The molecule has 22 heavy (non-hydrogen) atoms. The Morgan fingerprint density at radius 1 is 1.27 bits per heavy atom. The molecular weight excluding hydrogens is 314 g/mol. The van der Waals surface area contributed by atoms with Crippen molar-refractivity contribution in [3.05, 3.63) is 29.8 Å². The van der Waals surface area contributed by atoms with Gasteiger partial charge in [0.05, 0.1) is 17.5 Å². The van der Waals surface area contributed by atoms with E-state index < -0.39 is 47.4 Å². The number of hydrogen-bond acceptors (Lipinski definition) is 8. The number of rotatable bonds is 4. The van der Waals surface area contributed by atoms with Gasteiger partial charge in [-0.2, -0.15) is 8.42 Å². The molecular formula is C13H19NO7S. The van der Waals surface area contributed by atoms with E-state index in [0.29, 0.717) is 0 Å². The third-order valence-electron chi connectivity index (χ3n) is 3.48. The predicted molar refractivity (Wildman–Crippen MR) is 75.2 cm³/mol. The largest absolute Gasteiger partial charge is 0.394 e. The van der Waals surface area contributed by atoms with Gasteiger partial charge < -0.3 is 25.8 Å². The second-order valence-corrected chi connectivity index (χ2v) is 6.72. The van der Waals surface area contributed by atoms with Crippen LogP contribution in [0.25, 0.3) is 0 Å². The molecule has 0 aromatic heterocycles. The topological polar surface area (TPSA) is 139 Å². The lowest BCUT2D eigenvalue weighted by atomic mass is 9.97. The number of benzene rings is 1. The zero-order valence-electron chi connectivity index (χ0n) is 11.9. The van der Waals surface area contributed by atoms with Gasteiger partial charge in [0.15, 0.2) is 12.4 Å². The van der Waals surface area contributed by atoms with Crippen LogP contribution in [0.3, 0.4) is 0 Å². The first-order valence-corrected chi connectivity index (χ1v) is 8.05. The van der Waals surface area contributed by atoms with E-state index in [-0.39, 0.29) is 4.90 Å². The van der Waals surface area contributed by atoms with Crippen molar-refractivity contribution in [1.82, 2.24) is 0 Å². The van der Waals surface area contributed by atoms with E-state index in [2.05, 4.69) is 0 Å². The molecule has 1 aromatic rings. The van der Waals surface area contributed by atoms with Crippen LogP contribution in [0.4, 0.5) is 0 Å². The number of aliphatic hydroxyl groups excluding tert-OH is 3. The van der Waals surface area contributed by atoms with E-state index in [9.17, 15) is 18.6 Å². The molecule has 1 heterocycles. The molecule has 0 bridgehead atoms. The lowest BCUT2D eigenvalue weighted by Crippen LogP contribution is -2.63. The van der Waals surface area contributed by atoms with Crippen LogP contribution < -0.4 is 5.73 Å². The summed E-state index contributed by atoms with van der Waals surface area (Å²) < 4.78 is 34.2. The van der Waals surface area contributed by atoms with Gasteiger partial charge >= 0.3 is 0 Å². The maximum atomic E-state index is 12.2. The summed E-state index contributed by atoms with van der Waals surface area (Å²) in [6.07, 6.45) is -5.83. The van der Waals surface area contributed by atoms with Crippen molar-refractivity contribution in [1.29, 1.82) is 0 Å². The van der Waals surface area contributed by atoms with Crippen LogP contribution in [0.15, 0.2) is 29.2 Å². The number of aryl methyl sites for hydroxylation is 1. The van der Waals surface area contributed by atoms with Crippen molar-refractivity contribution in [2.24, 2.45) is 5.73 Å². The maximum Gasteiger partial charge on any atom is 0.297 e. The Kier molecular flexibility index (Phi) is 5.17. The number of hydrogen-bond donors (Lipinski definition) is 4. The minimum absolute atomic E-state index is 0.115. The molecule has 8 nitrogen and oxygen atoms in total. The fraction of sp³-hybridized carbons (Fsp3) is 0.538. The summed E-state index contributed by atoms with van der Waals surface area (Å²) in [4.78, 5) is -0.115. The number of nitrogens with two attached hydrogens (primary N) is 1. The van der Waals surface area contributed by atoms with Crippen molar-refractivity contribution in [2.45, 2.75) is 42.5 Å². The van der Waals surface area contributed by atoms with E-state index in [1.165, 1.54) is 12.1 Å². The summed E-state index contributed by atoms with van der Waals surface area (Å²) in [5.74, 6) is 0. The number of ether oxygens (including phenoxy) is 1. The highest BCUT2D eigenvalue weighted by Gasteiger charge is 2.45. The van der Waals surface area contributed by atoms with Gasteiger partial charge in [0.25, 0.3) is 10.1 Å². The summed E-state index contributed by atoms with van der Waals surface area (Å²) in [6.45, 7) is 1.28. The Morgan fingerprint density at radius 3 is 2.41 bits per heavy atom. The first-order valence-electron chi connectivity index (χ1n) is 6.64. The Morgan fingerprint density at radius 2 is 1.86 bits per heavy atom. The zero-order chi connectivity index (χ0) is 16.5. The lowest BCUT2D eigenvalue weighted by Gasteiger charge is -2.39. The third-order valence-corrected chi connectivity index (χ3v) is 4.81. The van der Waals surface area contributed by atoms with Gasteiger partial charge in [0.2, 0.25) is 0 Å². The molecule has 0 radical (unpaired) electrons. The molecule has 5 atom stereocenters. The zero-order valence-corrected chi connectivity index (χ0v) is 12.7. The van der Waals surface area contributed by atoms with Gasteiger partial charge in [-0.15, -0.1) is 0 Å². The molecule has 1 saturated heterocycles. The predicted octanol–water partition coefficient (Wildman–Crippen LogP) is -1.53. The number of aliphatic hydroxyl groups is 3. The summed E-state index contributed by atoms with van der Waals surface area (Å²) in [7, 11) is -4.21. The Bertz CT molecular complexity index is 603. The van der Waals surface area contributed by atoms with Gasteiger partial charge in [-0.05, 0) is 19.1 Å². The molecule has 9 heteroatoms. The molecule has 5 N–H and O–H groups in total. The van der Waals surface area contributed by atoms with Crippen molar-refractivity contribution in [3.8, 4) is 0 Å². The van der Waals surface area contributed by atoms with Crippen LogP contribution in [0.2, 0.25) is 0 Å². The lowest BCUT2D eigenvalue weighted by molar-refractivity contribution is -0.251. The first-order chi connectivity index (χ1) is 10.3. The molecule has 0 aliphatic carbocycles. The highest BCUT2D eigenvalue weighted by Crippen LogP contribution is 2.25. The molecule has 5 unspecified atom stereocenters. The summed E-state index contributed by atoms with van der Waals surface area (Å²) >= 11 is 0. The van der Waals surface area contributed by atoms with Gasteiger partial charge in [0.1, 0.15) is 12.2 Å². The summed E-state index contributed by atoms with van der Waals surface area (Å²) in [6, 6.07) is 4.79. The second kappa shape index (κ2) is 6.59. The highest BCUT2D eigenvalue weighted by molar-refractivity contribution is 7.86. The minimum atomic E-state index is -4.21. The Balaban J connectivity index is 2.20. The van der Waals surface area contributed by atoms with E-state index in [1.807, 2.05) is 0 Å². The quantitative estimate of drug-likeness (QED) is 0.487. The molecule has 1 aliphatic rings. The first kappa shape index (κ1) is 17.3.